The van der Waals surface area contributed by atoms with Crippen LogP contribution in [0.4, 0.5) is 8.78 Å². The topological polar surface area (TPSA) is 79.1 Å². The van der Waals surface area contributed by atoms with E-state index in [1.54, 1.807) is 12.4 Å². The van der Waals surface area contributed by atoms with Crippen molar-refractivity contribution in [1.29, 1.82) is 0 Å². The monoisotopic (exact) mass is 448 g/mol. The standard InChI is InChI=1S/C24H18F2N4O3/c25-20-5-4-17(10-21(20)26)30-7-6-23(31)22(29-30)9-15-2-1-3-16(8-15)24-27-11-18(12-28-24)33-19-13-32-14-19/h1-8,10-12,19H,9,13-14H2. The molecule has 166 valence electrons. The molecule has 0 bridgehead atoms. The highest BCUT2D eigenvalue weighted by Crippen LogP contribution is 2.20. The number of aromatic nitrogens is 4. The molecule has 3 heterocycles. The first-order valence-corrected chi connectivity index (χ1v) is 10.3. The van der Waals surface area contributed by atoms with E-state index in [9.17, 15) is 13.6 Å². The lowest BCUT2D eigenvalue weighted by Crippen LogP contribution is -2.38. The van der Waals surface area contributed by atoms with Crippen molar-refractivity contribution in [2.75, 3.05) is 13.2 Å². The van der Waals surface area contributed by atoms with Gasteiger partial charge in [0.2, 0.25) is 5.43 Å². The molecule has 0 atom stereocenters. The van der Waals surface area contributed by atoms with Gasteiger partial charge in [-0.25, -0.2) is 23.4 Å². The number of hydrogen-bond donors (Lipinski definition) is 0. The molecule has 7 nitrogen and oxygen atoms in total. The summed E-state index contributed by atoms with van der Waals surface area (Å²) in [4.78, 5) is 21.1. The summed E-state index contributed by atoms with van der Waals surface area (Å²) in [7, 11) is 0. The summed E-state index contributed by atoms with van der Waals surface area (Å²) < 4.78 is 39.0. The molecule has 33 heavy (non-hydrogen) atoms. The number of benzene rings is 2. The van der Waals surface area contributed by atoms with Gasteiger partial charge in [0.1, 0.15) is 11.8 Å². The van der Waals surface area contributed by atoms with Gasteiger partial charge in [0.05, 0.1) is 31.3 Å². The minimum atomic E-state index is -0.986. The van der Waals surface area contributed by atoms with Crippen molar-refractivity contribution in [2.24, 2.45) is 0 Å². The minimum absolute atomic E-state index is 0.0385. The SMILES string of the molecule is O=c1ccn(-c2ccc(F)c(F)c2)nc1Cc1cccc(-c2ncc(OC3COC3)cn2)c1. The van der Waals surface area contributed by atoms with Crippen LogP contribution in [0.25, 0.3) is 17.1 Å². The summed E-state index contributed by atoms with van der Waals surface area (Å²) in [5, 5.41) is 4.32. The summed E-state index contributed by atoms with van der Waals surface area (Å²) in [5.41, 5.74) is 1.94. The van der Waals surface area contributed by atoms with E-state index in [0.29, 0.717) is 30.5 Å². The lowest BCUT2D eigenvalue weighted by atomic mass is 10.1. The van der Waals surface area contributed by atoms with Gasteiger partial charge in [-0.1, -0.05) is 18.2 Å². The summed E-state index contributed by atoms with van der Waals surface area (Å²) in [6.07, 6.45) is 4.94. The Bertz CT molecular complexity index is 1350. The van der Waals surface area contributed by atoms with E-state index >= 15 is 0 Å². The molecule has 1 aliphatic rings. The number of ether oxygens (including phenoxy) is 2. The van der Waals surface area contributed by atoms with Crippen LogP contribution in [0.15, 0.2) is 71.9 Å². The van der Waals surface area contributed by atoms with Gasteiger partial charge < -0.3 is 9.47 Å². The summed E-state index contributed by atoms with van der Waals surface area (Å²) in [6, 6.07) is 12.3. The van der Waals surface area contributed by atoms with Gasteiger partial charge in [0, 0.05) is 30.3 Å². The van der Waals surface area contributed by atoms with Crippen molar-refractivity contribution >= 4 is 0 Å². The van der Waals surface area contributed by atoms with E-state index in [1.165, 1.54) is 23.0 Å². The normalized spacial score (nSPS) is 13.5. The van der Waals surface area contributed by atoms with Crippen LogP contribution in [0, 0.1) is 11.6 Å². The fraction of sp³-hybridized carbons (Fsp3) is 0.167. The van der Waals surface area contributed by atoms with E-state index in [1.807, 2.05) is 24.3 Å². The zero-order chi connectivity index (χ0) is 22.8. The van der Waals surface area contributed by atoms with E-state index < -0.39 is 11.6 Å². The zero-order valence-corrected chi connectivity index (χ0v) is 17.3. The Kier molecular flexibility index (Phi) is 5.62. The molecule has 0 aliphatic carbocycles. The van der Waals surface area contributed by atoms with Gasteiger partial charge in [0.15, 0.2) is 23.2 Å². The number of nitrogens with zero attached hydrogens (tertiary/aromatic N) is 4. The molecule has 4 aromatic rings. The Morgan fingerprint density at radius 1 is 1.03 bits per heavy atom. The van der Waals surface area contributed by atoms with Crippen LogP contribution < -0.4 is 10.2 Å². The van der Waals surface area contributed by atoms with Gasteiger partial charge in [-0.05, 0) is 23.8 Å². The van der Waals surface area contributed by atoms with Crippen LogP contribution in [0.1, 0.15) is 11.3 Å². The minimum Gasteiger partial charge on any atom is -0.482 e. The van der Waals surface area contributed by atoms with Gasteiger partial charge in [0.25, 0.3) is 0 Å². The van der Waals surface area contributed by atoms with E-state index in [-0.39, 0.29) is 23.6 Å². The molecule has 5 rings (SSSR count). The molecular weight excluding hydrogens is 430 g/mol. The fourth-order valence-electron chi connectivity index (χ4n) is 3.36. The maximum Gasteiger partial charge on any atom is 0.203 e. The van der Waals surface area contributed by atoms with Crippen LogP contribution >= 0.6 is 0 Å². The van der Waals surface area contributed by atoms with Crippen LogP contribution in [0.3, 0.4) is 0 Å². The molecule has 0 spiro atoms. The molecule has 1 aliphatic heterocycles. The average Bonchev–Trinajstić information content (AvgIpc) is 2.80. The smallest absolute Gasteiger partial charge is 0.203 e. The maximum absolute atomic E-state index is 13.6. The molecule has 0 unspecified atom stereocenters. The first-order valence-electron chi connectivity index (χ1n) is 10.3. The lowest BCUT2D eigenvalue weighted by Gasteiger charge is -2.26. The first kappa shape index (κ1) is 20.9. The number of rotatable bonds is 6. The van der Waals surface area contributed by atoms with Crippen molar-refractivity contribution in [2.45, 2.75) is 12.5 Å². The predicted octanol–water partition coefficient (Wildman–Crippen LogP) is 3.34. The second kappa shape index (κ2) is 8.87. The average molecular weight is 448 g/mol. The van der Waals surface area contributed by atoms with Crippen molar-refractivity contribution in [3.05, 3.63) is 100 Å². The quantitative estimate of drug-likeness (QED) is 0.450. The van der Waals surface area contributed by atoms with Crippen LogP contribution in [0.5, 0.6) is 5.75 Å². The Hall–Kier alpha value is -3.98. The Balaban J connectivity index is 1.37. The van der Waals surface area contributed by atoms with E-state index in [0.717, 1.165) is 23.3 Å². The van der Waals surface area contributed by atoms with Gasteiger partial charge in [-0.3, -0.25) is 4.79 Å². The predicted molar refractivity (Wildman–Crippen MR) is 115 cm³/mol. The molecular formula is C24H18F2N4O3. The number of hydrogen-bond acceptors (Lipinski definition) is 6. The Morgan fingerprint density at radius 2 is 1.85 bits per heavy atom. The van der Waals surface area contributed by atoms with Crippen molar-refractivity contribution in [3.63, 3.8) is 0 Å². The van der Waals surface area contributed by atoms with E-state index in [2.05, 4.69) is 15.1 Å². The molecule has 2 aromatic carbocycles. The third kappa shape index (κ3) is 4.63. The Morgan fingerprint density at radius 3 is 2.58 bits per heavy atom. The fourth-order valence-corrected chi connectivity index (χ4v) is 3.36. The third-order valence-corrected chi connectivity index (χ3v) is 5.14. The van der Waals surface area contributed by atoms with Gasteiger partial charge >= 0.3 is 0 Å². The lowest BCUT2D eigenvalue weighted by molar-refractivity contribution is -0.0799. The highest BCUT2D eigenvalue weighted by molar-refractivity contribution is 5.56. The highest BCUT2D eigenvalue weighted by atomic mass is 19.2. The molecule has 0 radical (unpaired) electrons. The third-order valence-electron chi connectivity index (χ3n) is 5.14. The Labute approximate surface area is 187 Å². The molecule has 2 aromatic heterocycles. The summed E-state index contributed by atoms with van der Waals surface area (Å²) >= 11 is 0. The molecule has 9 heteroatoms. The summed E-state index contributed by atoms with van der Waals surface area (Å²) in [6.45, 7) is 1.13. The zero-order valence-electron chi connectivity index (χ0n) is 17.3. The molecule has 0 N–H and O–H groups in total. The summed E-state index contributed by atoms with van der Waals surface area (Å²) in [5.74, 6) is -0.834. The molecule has 0 amide bonds. The number of halogens is 2. The van der Waals surface area contributed by atoms with Crippen LogP contribution in [-0.4, -0.2) is 39.1 Å². The first-order chi connectivity index (χ1) is 16.0. The van der Waals surface area contributed by atoms with Crippen LogP contribution in [0.2, 0.25) is 0 Å². The van der Waals surface area contributed by atoms with Crippen LogP contribution in [-0.2, 0) is 11.2 Å². The second-order valence-electron chi connectivity index (χ2n) is 7.57. The van der Waals surface area contributed by atoms with Crippen molar-refractivity contribution in [1.82, 2.24) is 19.7 Å². The maximum atomic E-state index is 13.6. The molecule has 1 saturated heterocycles. The van der Waals surface area contributed by atoms with Gasteiger partial charge in [-0.2, -0.15) is 5.10 Å². The molecule has 0 saturated carbocycles. The molecule has 1 fully saturated rings. The highest BCUT2D eigenvalue weighted by Gasteiger charge is 2.20. The van der Waals surface area contributed by atoms with Crippen molar-refractivity contribution in [3.8, 4) is 22.8 Å². The van der Waals surface area contributed by atoms with E-state index in [4.69, 9.17) is 9.47 Å². The largest absolute Gasteiger partial charge is 0.482 e. The van der Waals surface area contributed by atoms with Crippen molar-refractivity contribution < 1.29 is 18.3 Å². The van der Waals surface area contributed by atoms with Gasteiger partial charge in [-0.15, -0.1) is 0 Å². The second-order valence-corrected chi connectivity index (χ2v) is 7.57.